The number of carbonyl (C=O) groups excluding carboxylic acids is 1. The second-order valence-corrected chi connectivity index (χ2v) is 10.2. The zero-order valence-electron chi connectivity index (χ0n) is 12.3. The Morgan fingerprint density at radius 1 is 1.05 bits per heavy atom. The molecular formula is C16H24O2S2. The number of thioether (sulfide) groups is 2. The summed E-state index contributed by atoms with van der Waals surface area (Å²) < 4.78 is 5.88. The van der Waals surface area contributed by atoms with Gasteiger partial charge in [0.15, 0.2) is 0 Å². The van der Waals surface area contributed by atoms with E-state index in [0.717, 1.165) is 27.4 Å². The minimum absolute atomic E-state index is 0.0986. The lowest BCUT2D eigenvalue weighted by Gasteiger charge is -2.30. The molecule has 0 amide bonds. The van der Waals surface area contributed by atoms with E-state index < -0.39 is 0 Å². The lowest BCUT2D eigenvalue weighted by atomic mass is 9.80. The van der Waals surface area contributed by atoms with Gasteiger partial charge in [-0.05, 0) is 50.9 Å². The van der Waals surface area contributed by atoms with Crippen LogP contribution in [0.4, 0.5) is 0 Å². The fraction of sp³-hybridized carbons (Fsp3) is 0.938. The fourth-order valence-corrected chi connectivity index (χ4v) is 6.71. The van der Waals surface area contributed by atoms with Gasteiger partial charge in [0.25, 0.3) is 0 Å². The highest BCUT2D eigenvalue weighted by Gasteiger charge is 2.49. The topological polar surface area (TPSA) is 26.3 Å². The molecular weight excluding hydrogens is 288 g/mol. The van der Waals surface area contributed by atoms with E-state index in [4.69, 9.17) is 4.74 Å². The van der Waals surface area contributed by atoms with Crippen LogP contribution in [0, 0.1) is 17.8 Å². The van der Waals surface area contributed by atoms with Gasteiger partial charge < -0.3 is 4.74 Å². The maximum Gasteiger partial charge on any atom is 0.309 e. The molecule has 8 unspecified atom stereocenters. The van der Waals surface area contributed by atoms with Crippen molar-refractivity contribution < 1.29 is 9.53 Å². The lowest BCUT2D eigenvalue weighted by molar-refractivity contribution is -0.159. The Morgan fingerprint density at radius 2 is 1.75 bits per heavy atom. The Hall–Kier alpha value is 0.170. The van der Waals surface area contributed by atoms with E-state index in [0.29, 0.717) is 11.8 Å². The minimum Gasteiger partial charge on any atom is -0.462 e. The molecule has 20 heavy (non-hydrogen) atoms. The van der Waals surface area contributed by atoms with Crippen molar-refractivity contribution in [1.29, 1.82) is 0 Å². The molecule has 8 atom stereocenters. The third-order valence-corrected chi connectivity index (χ3v) is 8.68. The number of esters is 1. The van der Waals surface area contributed by atoms with Crippen molar-refractivity contribution >= 4 is 29.5 Å². The molecule has 2 heterocycles. The third-order valence-electron chi connectivity index (χ3n) is 5.78. The van der Waals surface area contributed by atoms with Gasteiger partial charge in [0, 0.05) is 21.0 Å². The number of fused-ring (bicyclic) bond motifs is 2. The van der Waals surface area contributed by atoms with E-state index >= 15 is 0 Å². The number of ether oxygens (including phenoxy) is 1. The van der Waals surface area contributed by atoms with Crippen molar-refractivity contribution in [3.8, 4) is 0 Å². The lowest BCUT2D eigenvalue weighted by Crippen LogP contribution is -2.35. The monoisotopic (exact) mass is 312 g/mol. The standard InChI is InChI=1S/C16H24O2S2/c1-8-5-13-15(20-13)7-11(8)16(17)18-9(2)10-3-4-12-14(6-10)19-12/h8-15H,3-7H2,1-2H3. The Kier molecular flexibility index (Phi) is 3.53. The first-order valence-corrected chi connectivity index (χ1v) is 10.0. The van der Waals surface area contributed by atoms with Crippen molar-refractivity contribution in [3.63, 3.8) is 0 Å². The Labute approximate surface area is 130 Å². The molecule has 4 fully saturated rings. The summed E-state index contributed by atoms with van der Waals surface area (Å²) in [6.45, 7) is 4.36. The average Bonchev–Trinajstić information content (AvgIpc) is 3.30. The normalized spacial score (nSPS) is 50.6. The van der Waals surface area contributed by atoms with Crippen molar-refractivity contribution in [3.05, 3.63) is 0 Å². The number of hydrogen-bond donors (Lipinski definition) is 0. The van der Waals surface area contributed by atoms with Crippen molar-refractivity contribution in [2.45, 2.75) is 73.1 Å². The average molecular weight is 312 g/mol. The zero-order chi connectivity index (χ0) is 13.9. The number of rotatable bonds is 3. The van der Waals surface area contributed by atoms with Crippen LogP contribution in [0.3, 0.4) is 0 Å². The summed E-state index contributed by atoms with van der Waals surface area (Å²) in [5.74, 6) is 1.39. The number of hydrogen-bond acceptors (Lipinski definition) is 4. The summed E-state index contributed by atoms with van der Waals surface area (Å²) in [4.78, 5) is 12.5. The summed E-state index contributed by atoms with van der Waals surface area (Å²) in [6.07, 6.45) is 6.26. The summed E-state index contributed by atoms with van der Waals surface area (Å²) >= 11 is 4.20. The predicted octanol–water partition coefficient (Wildman–Crippen LogP) is 3.73. The van der Waals surface area contributed by atoms with Crippen molar-refractivity contribution in [2.24, 2.45) is 17.8 Å². The molecule has 0 aromatic carbocycles. The van der Waals surface area contributed by atoms with Crippen LogP contribution in [0.15, 0.2) is 0 Å². The van der Waals surface area contributed by atoms with Crippen molar-refractivity contribution in [2.75, 3.05) is 0 Å². The molecule has 4 rings (SSSR count). The van der Waals surface area contributed by atoms with E-state index in [1.165, 1.54) is 25.7 Å². The van der Waals surface area contributed by atoms with Crippen LogP contribution in [0.2, 0.25) is 0 Å². The maximum atomic E-state index is 12.5. The molecule has 112 valence electrons. The predicted molar refractivity (Wildman–Crippen MR) is 85.1 cm³/mol. The van der Waals surface area contributed by atoms with Crippen LogP contribution in [-0.4, -0.2) is 33.1 Å². The van der Waals surface area contributed by atoms with Gasteiger partial charge in [0.1, 0.15) is 6.10 Å². The maximum absolute atomic E-state index is 12.5. The van der Waals surface area contributed by atoms with E-state index in [-0.39, 0.29) is 18.0 Å². The van der Waals surface area contributed by atoms with Gasteiger partial charge in [-0.25, -0.2) is 0 Å². The summed E-state index contributed by atoms with van der Waals surface area (Å²) in [7, 11) is 0. The van der Waals surface area contributed by atoms with Gasteiger partial charge in [-0.3, -0.25) is 4.79 Å². The molecule has 0 radical (unpaired) electrons. The first-order chi connectivity index (χ1) is 9.61. The molecule has 0 aromatic heterocycles. The Balaban J connectivity index is 1.32. The van der Waals surface area contributed by atoms with Gasteiger partial charge in [-0.15, -0.1) is 0 Å². The van der Waals surface area contributed by atoms with Crippen LogP contribution >= 0.6 is 23.5 Å². The molecule has 2 aliphatic heterocycles. The molecule has 0 aromatic rings. The van der Waals surface area contributed by atoms with Crippen LogP contribution in [0.5, 0.6) is 0 Å². The van der Waals surface area contributed by atoms with Gasteiger partial charge in [0.05, 0.1) is 5.92 Å². The largest absolute Gasteiger partial charge is 0.462 e. The quantitative estimate of drug-likeness (QED) is 0.586. The number of carbonyl (C=O) groups is 1. The summed E-state index contributed by atoms with van der Waals surface area (Å²) in [5, 5.41) is 3.44. The molecule has 2 saturated heterocycles. The molecule has 0 spiro atoms. The SMILES string of the molecule is CC1CC2SC2CC1C(=O)OC(C)C1CCC2SC2C1. The Morgan fingerprint density at radius 3 is 2.55 bits per heavy atom. The van der Waals surface area contributed by atoms with Gasteiger partial charge in [0.2, 0.25) is 0 Å². The first-order valence-electron chi connectivity index (χ1n) is 8.13. The summed E-state index contributed by atoms with van der Waals surface area (Å²) in [5.41, 5.74) is 0. The van der Waals surface area contributed by atoms with E-state index in [2.05, 4.69) is 37.4 Å². The highest BCUT2D eigenvalue weighted by Crippen LogP contribution is 2.55. The van der Waals surface area contributed by atoms with Crippen LogP contribution in [-0.2, 0) is 9.53 Å². The van der Waals surface area contributed by atoms with Crippen molar-refractivity contribution in [1.82, 2.24) is 0 Å². The van der Waals surface area contributed by atoms with Gasteiger partial charge in [-0.1, -0.05) is 6.92 Å². The molecule has 2 nitrogen and oxygen atoms in total. The van der Waals surface area contributed by atoms with E-state index in [1.807, 2.05) is 0 Å². The van der Waals surface area contributed by atoms with E-state index in [1.54, 1.807) is 0 Å². The smallest absolute Gasteiger partial charge is 0.309 e. The van der Waals surface area contributed by atoms with Crippen LogP contribution in [0.1, 0.15) is 46.0 Å². The summed E-state index contributed by atoms with van der Waals surface area (Å²) in [6, 6.07) is 0. The first kappa shape index (κ1) is 13.8. The van der Waals surface area contributed by atoms with Gasteiger partial charge >= 0.3 is 5.97 Å². The minimum atomic E-state index is 0.0986. The van der Waals surface area contributed by atoms with E-state index in [9.17, 15) is 4.79 Å². The zero-order valence-corrected chi connectivity index (χ0v) is 13.9. The molecule has 2 aliphatic carbocycles. The Bertz CT molecular complexity index is 413. The third kappa shape index (κ3) is 2.63. The van der Waals surface area contributed by atoms with Crippen LogP contribution in [0.25, 0.3) is 0 Å². The molecule has 2 saturated carbocycles. The molecule has 0 N–H and O–H groups in total. The highest BCUT2D eigenvalue weighted by atomic mass is 32.2. The molecule has 4 aliphatic rings. The van der Waals surface area contributed by atoms with Crippen LogP contribution < -0.4 is 0 Å². The second-order valence-electron chi connectivity index (χ2n) is 7.20. The highest BCUT2D eigenvalue weighted by molar-refractivity contribution is 8.07. The molecule has 4 heteroatoms. The molecule has 0 bridgehead atoms. The van der Waals surface area contributed by atoms with Gasteiger partial charge in [-0.2, -0.15) is 23.5 Å². The second kappa shape index (κ2) is 5.12. The fourth-order valence-electron chi connectivity index (χ4n) is 4.16.